The van der Waals surface area contributed by atoms with Crippen molar-refractivity contribution in [3.05, 3.63) is 24.2 Å². The Hall–Kier alpha value is -0.713. The number of hydrogen-bond donors (Lipinski definition) is 3. The van der Waals surface area contributed by atoms with Gasteiger partial charge in [-0.05, 0) is 0 Å². The van der Waals surface area contributed by atoms with Gasteiger partial charge in [0.05, 0.1) is 52.9 Å². The number of aldehydes is 1. The van der Waals surface area contributed by atoms with E-state index in [1.165, 1.54) is 6.42 Å². The van der Waals surface area contributed by atoms with Crippen molar-refractivity contribution in [2.24, 2.45) is 16.8 Å². The van der Waals surface area contributed by atoms with Crippen molar-refractivity contribution in [1.29, 1.82) is 0 Å². The molecule has 29 heavy (non-hydrogen) atoms. The maximum Gasteiger partial charge on any atom is 1.00 e. The van der Waals surface area contributed by atoms with E-state index in [0.717, 1.165) is 0 Å². The van der Waals surface area contributed by atoms with E-state index in [2.05, 4.69) is 5.11 Å². The topological polar surface area (TPSA) is 164 Å². The normalized spacial score (nSPS) is 27.3. The van der Waals surface area contributed by atoms with Gasteiger partial charge in [0.15, 0.2) is 0 Å². The predicted octanol–water partition coefficient (Wildman–Crippen LogP) is -4.18. The van der Waals surface area contributed by atoms with Gasteiger partial charge in [-0.2, -0.15) is 0 Å². The fourth-order valence-corrected chi connectivity index (χ4v) is 2.51. The van der Waals surface area contributed by atoms with Gasteiger partial charge in [-0.3, -0.25) is 0 Å². The molecule has 11 nitrogen and oxygen atoms in total. The van der Waals surface area contributed by atoms with Crippen LogP contribution in [-0.4, -0.2) is 93.9 Å². The number of rotatable bonds is 13. The van der Waals surface area contributed by atoms with Crippen LogP contribution in [0.15, 0.2) is 10.8 Å². The Morgan fingerprint density at radius 1 is 1.31 bits per heavy atom. The largest absolute Gasteiger partial charge is 1.00 e. The van der Waals surface area contributed by atoms with Crippen molar-refractivity contribution in [1.82, 2.24) is 0 Å². The molecular formula is C17H28LiN3O8-2. The van der Waals surface area contributed by atoms with Gasteiger partial charge >= 0.3 is 18.9 Å². The molecule has 0 radical (unpaired) electrons. The van der Waals surface area contributed by atoms with Crippen LogP contribution in [0.5, 0.6) is 0 Å². The summed E-state index contributed by atoms with van der Waals surface area (Å²) in [5, 5.41) is 21.3. The average molecular weight is 409 g/mol. The third-order valence-corrected chi connectivity index (χ3v) is 3.97. The molecule has 12 heteroatoms. The standard InChI is InChI=1S/C9H17N3O3.C8H11O5.Li/c1-9(12-11)8-15-7-6-14-5-4-13-3-2-10;9-2-5-6(11)1-7-12-4-8(5,3-10)13-7;/h1H,2-8,10H2;1-2,5-7,10-11H,3-4H2;/q-2;-1;+1/t;5-,6-,7+,8+;/m.1./s1. The molecule has 2 saturated heterocycles. The Morgan fingerprint density at radius 3 is 2.48 bits per heavy atom. The van der Waals surface area contributed by atoms with Crippen molar-refractivity contribution in [2.75, 3.05) is 59.4 Å². The van der Waals surface area contributed by atoms with Crippen LogP contribution in [-0.2, 0) is 28.5 Å². The van der Waals surface area contributed by atoms with E-state index in [9.17, 15) is 9.90 Å². The van der Waals surface area contributed by atoms with E-state index >= 15 is 0 Å². The van der Waals surface area contributed by atoms with E-state index < -0.39 is 23.9 Å². The Morgan fingerprint density at radius 2 is 1.93 bits per heavy atom. The summed E-state index contributed by atoms with van der Waals surface area (Å²) in [7, 11) is 0. The van der Waals surface area contributed by atoms with Crippen molar-refractivity contribution >= 4 is 6.29 Å². The number of fused-ring (bicyclic) bond motifs is 2. The number of aliphatic hydroxyl groups excluding tert-OH is 2. The molecule has 0 aliphatic carbocycles. The summed E-state index contributed by atoms with van der Waals surface area (Å²) in [5.74, 6) is -0.740. The molecule has 0 aromatic rings. The Kier molecular flexibility index (Phi) is 15.6. The monoisotopic (exact) mass is 409 g/mol. The summed E-state index contributed by atoms with van der Waals surface area (Å²) in [4.78, 5) is 10.7. The maximum absolute atomic E-state index is 10.7. The molecule has 4 atom stereocenters. The third kappa shape index (κ3) is 9.76. The van der Waals surface area contributed by atoms with Crippen LogP contribution in [0, 0.1) is 18.9 Å². The van der Waals surface area contributed by atoms with Gasteiger partial charge in [0, 0.05) is 18.8 Å². The summed E-state index contributed by atoms with van der Waals surface area (Å²) in [6.45, 7) is 8.03. The number of carbonyl (C=O) groups excluding carboxylic acids is 1. The number of hydrogen-bond acceptors (Lipinski definition) is 10. The first-order valence-electron chi connectivity index (χ1n) is 8.81. The molecule has 2 aliphatic heterocycles. The molecule has 0 unspecified atom stereocenters. The van der Waals surface area contributed by atoms with Crippen molar-refractivity contribution < 1.29 is 57.6 Å². The van der Waals surface area contributed by atoms with E-state index in [-0.39, 0.29) is 44.4 Å². The van der Waals surface area contributed by atoms with Crippen molar-refractivity contribution in [2.45, 2.75) is 18.0 Å². The first-order valence-corrected chi connectivity index (χ1v) is 8.81. The van der Waals surface area contributed by atoms with E-state index in [1.807, 2.05) is 0 Å². The Labute approximate surface area is 182 Å². The molecule has 0 aromatic carbocycles. The smallest absolute Gasteiger partial charge is 0.709 e. The van der Waals surface area contributed by atoms with Crippen LogP contribution in [0.4, 0.5) is 0 Å². The summed E-state index contributed by atoms with van der Waals surface area (Å²) in [5.41, 5.74) is 12.4. The molecule has 0 saturated carbocycles. The average Bonchev–Trinajstić information content (AvgIpc) is 3.05. The molecule has 2 fully saturated rings. The fraction of sp³-hybridized carbons (Fsp3) is 0.765. The second kappa shape index (κ2) is 16.0. The minimum absolute atomic E-state index is 0. The van der Waals surface area contributed by atoms with E-state index in [0.29, 0.717) is 45.9 Å². The molecule has 0 amide bonds. The van der Waals surface area contributed by atoms with Gasteiger partial charge in [0.1, 0.15) is 11.9 Å². The number of ether oxygens (including phenoxy) is 5. The van der Waals surface area contributed by atoms with Crippen LogP contribution < -0.4 is 24.6 Å². The SMILES string of the molecule is O=C[C@@H]1[C@H](O)[CH-][C@H]2OC[C@]1(CO)O2.[CH-]=C(COCCOCCOCCN)N=[N-].[Li+]. The van der Waals surface area contributed by atoms with Crippen LogP contribution in [0.25, 0.3) is 5.53 Å². The zero-order chi connectivity index (χ0) is 20.8. The van der Waals surface area contributed by atoms with Crippen molar-refractivity contribution in [3.8, 4) is 0 Å². The minimum atomic E-state index is -1.04. The minimum Gasteiger partial charge on any atom is -0.709 e. The van der Waals surface area contributed by atoms with Gasteiger partial charge in [0.25, 0.3) is 0 Å². The molecule has 2 aliphatic rings. The van der Waals surface area contributed by atoms with Gasteiger partial charge in [0.2, 0.25) is 0 Å². The summed E-state index contributed by atoms with van der Waals surface area (Å²) >= 11 is 0. The molecule has 0 spiro atoms. The Balaban J connectivity index is 0.000000525. The van der Waals surface area contributed by atoms with E-state index in [4.69, 9.17) is 46.6 Å². The van der Waals surface area contributed by atoms with Crippen LogP contribution >= 0.6 is 0 Å². The molecule has 0 aromatic heterocycles. The first-order chi connectivity index (χ1) is 13.5. The third-order valence-electron chi connectivity index (χ3n) is 3.97. The summed E-state index contributed by atoms with van der Waals surface area (Å²) < 4.78 is 25.7. The second-order valence-corrected chi connectivity index (χ2v) is 6.02. The van der Waals surface area contributed by atoms with E-state index in [1.54, 1.807) is 0 Å². The molecule has 2 rings (SSSR count). The van der Waals surface area contributed by atoms with Gasteiger partial charge in [-0.1, -0.05) is 6.10 Å². The molecule has 2 bridgehead atoms. The number of carbonyl (C=O) groups is 1. The molecule has 2 heterocycles. The van der Waals surface area contributed by atoms with Crippen LogP contribution in [0.2, 0.25) is 0 Å². The Bertz CT molecular complexity index is 488. The zero-order valence-corrected chi connectivity index (χ0v) is 16.6. The molecule has 162 valence electrons. The number of aliphatic hydroxyl groups is 2. The van der Waals surface area contributed by atoms with Gasteiger partial charge in [-0.25, -0.2) is 6.42 Å². The van der Waals surface area contributed by atoms with Gasteiger partial charge in [-0.15, -0.1) is 5.70 Å². The van der Waals surface area contributed by atoms with Crippen LogP contribution in [0.1, 0.15) is 0 Å². The fourth-order valence-electron chi connectivity index (χ4n) is 2.51. The molecule has 4 N–H and O–H groups in total. The zero-order valence-electron chi connectivity index (χ0n) is 16.6. The van der Waals surface area contributed by atoms with Crippen molar-refractivity contribution in [3.63, 3.8) is 0 Å². The second-order valence-electron chi connectivity index (χ2n) is 6.02. The number of nitrogens with two attached hydrogens (primary N) is 1. The summed E-state index contributed by atoms with van der Waals surface area (Å²) in [6.07, 6.45) is 0.520. The predicted molar refractivity (Wildman–Crippen MR) is 95.6 cm³/mol. The quantitative estimate of drug-likeness (QED) is 0.0900. The number of nitrogens with zero attached hydrogens (tertiary/aromatic N) is 2. The maximum atomic E-state index is 10.7. The molecular weight excluding hydrogens is 381 g/mol. The summed E-state index contributed by atoms with van der Waals surface area (Å²) in [6, 6.07) is 0. The first kappa shape index (κ1) is 28.3. The van der Waals surface area contributed by atoms with Gasteiger partial charge < -0.3 is 61.6 Å². The van der Waals surface area contributed by atoms with Crippen LogP contribution in [0.3, 0.4) is 0 Å².